The van der Waals surface area contributed by atoms with E-state index in [2.05, 4.69) is 31.9 Å². The van der Waals surface area contributed by atoms with Gasteiger partial charge in [0.05, 0.1) is 0 Å². The van der Waals surface area contributed by atoms with Crippen molar-refractivity contribution in [2.75, 3.05) is 5.32 Å². The lowest BCUT2D eigenvalue weighted by atomic mass is 10.2. The summed E-state index contributed by atoms with van der Waals surface area (Å²) >= 11 is 26.3. The Morgan fingerprint density at radius 2 is 2.04 bits per heavy atom. The highest BCUT2D eigenvalue weighted by atomic mass is 79.9. The number of thiocarbonyl (C=S) groups is 1. The zero-order chi connectivity index (χ0) is 17.5. The Morgan fingerprint density at radius 3 is 2.61 bits per heavy atom. The van der Waals surface area contributed by atoms with Gasteiger partial charge in [0.2, 0.25) is 9.70 Å². The van der Waals surface area contributed by atoms with Crippen LogP contribution in [0.3, 0.4) is 0 Å². The molecule has 1 aromatic carbocycles. The Morgan fingerprint density at radius 1 is 1.35 bits per heavy atom. The minimum absolute atomic E-state index is 0.207. The Kier molecular flexibility index (Phi) is 8.93. The third kappa shape index (κ3) is 8.40. The van der Waals surface area contributed by atoms with Crippen molar-refractivity contribution in [3.05, 3.63) is 28.7 Å². The number of benzene rings is 1. The number of nitrogens with one attached hydrogen (secondary N) is 3. The van der Waals surface area contributed by atoms with Gasteiger partial charge in [-0.1, -0.05) is 70.1 Å². The molecule has 0 unspecified atom stereocenters. The molecule has 23 heavy (non-hydrogen) atoms. The average molecular weight is 462 g/mol. The maximum absolute atomic E-state index is 11.8. The number of carbonyl (C=O) groups excluding carboxylic acids is 1. The first-order valence-electron chi connectivity index (χ1n) is 6.91. The molecular formula is C14H17BrCl3N3OS. The van der Waals surface area contributed by atoms with Gasteiger partial charge in [-0.25, -0.2) is 0 Å². The van der Waals surface area contributed by atoms with Crippen LogP contribution in [-0.4, -0.2) is 21.0 Å². The van der Waals surface area contributed by atoms with E-state index < -0.39 is 9.96 Å². The first kappa shape index (κ1) is 20.8. The smallest absolute Gasteiger partial charge is 0.228 e. The van der Waals surface area contributed by atoms with Crippen molar-refractivity contribution in [2.45, 2.75) is 36.1 Å². The molecule has 0 aromatic heterocycles. The number of alkyl halides is 3. The standard InChI is InChI=1S/C14H17BrCl3N3OS/c1-2-3-7-11(22)20-12(14(16,17)18)21-13(23)19-10-6-4-5-9(15)8-10/h4-6,8,12H,2-3,7H2,1H3,(H,20,22)(H2,19,21,23)/t12-/m0/s1. The van der Waals surface area contributed by atoms with Gasteiger partial charge in [-0.05, 0) is 36.8 Å². The third-order valence-corrected chi connectivity index (χ3v) is 4.12. The predicted octanol–water partition coefficient (Wildman–Crippen LogP) is 4.74. The van der Waals surface area contributed by atoms with Gasteiger partial charge in [0.25, 0.3) is 0 Å². The number of hydrogen-bond donors (Lipinski definition) is 3. The van der Waals surface area contributed by atoms with Crippen molar-refractivity contribution in [1.29, 1.82) is 0 Å². The van der Waals surface area contributed by atoms with E-state index in [1.54, 1.807) is 0 Å². The van der Waals surface area contributed by atoms with Gasteiger partial charge >= 0.3 is 0 Å². The van der Waals surface area contributed by atoms with Crippen LogP contribution in [0.15, 0.2) is 28.7 Å². The maximum atomic E-state index is 11.8. The number of unbranched alkanes of at least 4 members (excludes halogenated alkanes) is 1. The van der Waals surface area contributed by atoms with Gasteiger partial charge in [-0.2, -0.15) is 0 Å². The van der Waals surface area contributed by atoms with Gasteiger partial charge < -0.3 is 16.0 Å². The number of halogens is 4. The quantitative estimate of drug-likeness (QED) is 0.325. The lowest BCUT2D eigenvalue weighted by molar-refractivity contribution is -0.122. The Balaban J connectivity index is 2.66. The molecule has 0 aliphatic carbocycles. The molecule has 0 saturated carbocycles. The first-order valence-corrected chi connectivity index (χ1v) is 9.25. The lowest BCUT2D eigenvalue weighted by Crippen LogP contribution is -2.56. The van der Waals surface area contributed by atoms with Crippen LogP contribution in [0.25, 0.3) is 0 Å². The van der Waals surface area contributed by atoms with Crippen LogP contribution in [0.4, 0.5) is 5.69 Å². The zero-order valence-corrected chi connectivity index (χ0v) is 17.0. The monoisotopic (exact) mass is 459 g/mol. The molecule has 0 aliphatic heterocycles. The second-order valence-corrected chi connectivity index (χ2v) is 8.45. The van der Waals surface area contributed by atoms with Crippen molar-refractivity contribution < 1.29 is 4.79 Å². The molecule has 4 nitrogen and oxygen atoms in total. The fourth-order valence-corrected chi connectivity index (χ4v) is 2.60. The molecule has 1 atom stereocenters. The number of anilines is 1. The van der Waals surface area contributed by atoms with E-state index in [0.29, 0.717) is 6.42 Å². The summed E-state index contributed by atoms with van der Waals surface area (Å²) in [4.78, 5) is 11.8. The van der Waals surface area contributed by atoms with Crippen LogP contribution in [0, 0.1) is 0 Å². The summed E-state index contributed by atoms with van der Waals surface area (Å²) in [5.41, 5.74) is 0.761. The van der Waals surface area contributed by atoms with E-state index in [9.17, 15) is 4.79 Å². The van der Waals surface area contributed by atoms with Gasteiger partial charge in [-0.15, -0.1) is 0 Å². The number of rotatable bonds is 6. The predicted molar refractivity (Wildman–Crippen MR) is 105 cm³/mol. The highest BCUT2D eigenvalue weighted by molar-refractivity contribution is 9.10. The Hall–Kier alpha value is -0.270. The zero-order valence-electron chi connectivity index (χ0n) is 12.3. The van der Waals surface area contributed by atoms with Crippen LogP contribution in [0.2, 0.25) is 0 Å². The van der Waals surface area contributed by atoms with Crippen molar-refractivity contribution >= 4 is 79.7 Å². The summed E-state index contributed by atoms with van der Waals surface area (Å²) in [6, 6.07) is 7.43. The molecule has 3 N–H and O–H groups in total. The fourth-order valence-electron chi connectivity index (χ4n) is 1.63. The summed E-state index contributed by atoms with van der Waals surface area (Å²) < 4.78 is -0.846. The van der Waals surface area contributed by atoms with Gasteiger partial charge in [-0.3, -0.25) is 4.79 Å². The molecule has 0 bridgehead atoms. The molecule has 0 saturated heterocycles. The molecule has 9 heteroatoms. The van der Waals surface area contributed by atoms with E-state index in [4.69, 9.17) is 47.0 Å². The normalized spacial score (nSPS) is 12.4. The second-order valence-electron chi connectivity index (χ2n) is 4.75. The topological polar surface area (TPSA) is 53.2 Å². The number of carbonyl (C=O) groups is 1. The molecule has 0 aliphatic rings. The molecule has 1 aromatic rings. The largest absolute Gasteiger partial charge is 0.339 e. The summed E-state index contributed by atoms with van der Waals surface area (Å²) in [7, 11) is 0. The number of hydrogen-bond acceptors (Lipinski definition) is 2. The average Bonchev–Trinajstić information content (AvgIpc) is 2.43. The highest BCUT2D eigenvalue weighted by Crippen LogP contribution is 2.29. The maximum Gasteiger partial charge on any atom is 0.228 e. The SMILES string of the molecule is CCCCC(=O)N[C@@H](NC(=S)Nc1cccc(Br)c1)C(Cl)(Cl)Cl. The Bertz CT molecular complexity index is 554. The van der Waals surface area contributed by atoms with Crippen LogP contribution >= 0.6 is 63.0 Å². The number of amides is 1. The highest BCUT2D eigenvalue weighted by Gasteiger charge is 2.34. The minimum atomic E-state index is -1.75. The first-order chi connectivity index (χ1) is 10.7. The van der Waals surface area contributed by atoms with E-state index in [0.717, 1.165) is 23.0 Å². The fraction of sp³-hybridized carbons (Fsp3) is 0.429. The molecule has 1 rings (SSSR count). The Labute approximate surface area is 164 Å². The molecular weight excluding hydrogens is 445 g/mol. The van der Waals surface area contributed by atoms with E-state index in [-0.39, 0.29) is 11.0 Å². The van der Waals surface area contributed by atoms with Crippen LogP contribution < -0.4 is 16.0 Å². The summed E-state index contributed by atoms with van der Waals surface area (Å²) in [5.74, 6) is -0.207. The van der Waals surface area contributed by atoms with E-state index in [1.165, 1.54) is 0 Å². The minimum Gasteiger partial charge on any atom is -0.339 e. The summed E-state index contributed by atoms with van der Waals surface area (Å²) in [6.45, 7) is 2.00. The van der Waals surface area contributed by atoms with Crippen molar-refractivity contribution in [1.82, 2.24) is 10.6 Å². The summed E-state index contributed by atoms with van der Waals surface area (Å²) in [6.07, 6.45) is 1.09. The van der Waals surface area contributed by atoms with Gasteiger partial charge in [0.1, 0.15) is 6.17 Å². The van der Waals surface area contributed by atoms with Gasteiger partial charge in [0.15, 0.2) is 5.11 Å². The van der Waals surface area contributed by atoms with Crippen LogP contribution in [0.1, 0.15) is 26.2 Å². The van der Waals surface area contributed by atoms with Crippen LogP contribution in [-0.2, 0) is 4.79 Å². The molecule has 0 radical (unpaired) electrons. The third-order valence-electron chi connectivity index (χ3n) is 2.75. The molecule has 1 amide bonds. The molecule has 0 heterocycles. The van der Waals surface area contributed by atoms with E-state index in [1.807, 2.05) is 31.2 Å². The summed E-state index contributed by atoms with van der Waals surface area (Å²) in [5, 5.41) is 8.64. The lowest BCUT2D eigenvalue weighted by Gasteiger charge is -2.27. The molecule has 0 fully saturated rings. The van der Waals surface area contributed by atoms with Crippen LogP contribution in [0.5, 0.6) is 0 Å². The van der Waals surface area contributed by atoms with Crippen molar-refractivity contribution in [3.8, 4) is 0 Å². The van der Waals surface area contributed by atoms with Crippen molar-refractivity contribution in [2.24, 2.45) is 0 Å². The van der Waals surface area contributed by atoms with Gasteiger partial charge in [0, 0.05) is 16.6 Å². The molecule has 128 valence electrons. The van der Waals surface area contributed by atoms with Crippen molar-refractivity contribution in [3.63, 3.8) is 0 Å². The second kappa shape index (κ2) is 9.89. The molecule has 0 spiro atoms. The van der Waals surface area contributed by atoms with E-state index >= 15 is 0 Å².